The summed E-state index contributed by atoms with van der Waals surface area (Å²) in [5, 5.41) is 6.03. The van der Waals surface area contributed by atoms with Gasteiger partial charge in [-0.25, -0.2) is 14.2 Å². The Bertz CT molecular complexity index is 981. The fourth-order valence-electron chi connectivity index (χ4n) is 3.06. The van der Waals surface area contributed by atoms with E-state index in [0.717, 1.165) is 42.5 Å². The zero-order chi connectivity index (χ0) is 19.3. The van der Waals surface area contributed by atoms with Crippen LogP contribution in [0.5, 0.6) is 0 Å². The smallest absolute Gasteiger partial charge is 0.327 e. The van der Waals surface area contributed by atoms with Crippen molar-refractivity contribution >= 4 is 23.2 Å². The minimum absolute atomic E-state index is 0.296. The molecule has 7 nitrogen and oxygen atoms in total. The van der Waals surface area contributed by atoms with Crippen molar-refractivity contribution in [3.63, 3.8) is 0 Å². The number of carbonyl (C=O) groups excluding carboxylic acids is 1. The van der Waals surface area contributed by atoms with Gasteiger partial charge in [0.2, 0.25) is 0 Å². The van der Waals surface area contributed by atoms with E-state index in [1.54, 1.807) is 17.3 Å². The molecule has 0 bridgehead atoms. The zero-order valence-electron chi connectivity index (χ0n) is 15.1. The van der Waals surface area contributed by atoms with Gasteiger partial charge in [0, 0.05) is 37.1 Å². The number of aromatic nitrogens is 3. The Morgan fingerprint density at radius 3 is 2.89 bits per heavy atom. The lowest BCUT2D eigenvalue weighted by atomic mass is 10.1. The third-order valence-corrected chi connectivity index (χ3v) is 4.41. The van der Waals surface area contributed by atoms with Crippen LogP contribution >= 0.6 is 0 Å². The van der Waals surface area contributed by atoms with E-state index < -0.39 is 5.82 Å². The van der Waals surface area contributed by atoms with Gasteiger partial charge in [0.1, 0.15) is 5.82 Å². The van der Waals surface area contributed by atoms with Crippen molar-refractivity contribution in [2.75, 3.05) is 28.6 Å². The summed E-state index contributed by atoms with van der Waals surface area (Å²) in [5.74, 6) is 0.0208. The highest BCUT2D eigenvalue weighted by atomic mass is 19.1. The Labute approximate surface area is 161 Å². The van der Waals surface area contributed by atoms with E-state index in [-0.39, 0.29) is 6.03 Å². The summed E-state index contributed by atoms with van der Waals surface area (Å²) in [6.07, 6.45) is 7.67. The molecule has 142 valence electrons. The van der Waals surface area contributed by atoms with Gasteiger partial charge in [-0.3, -0.25) is 14.9 Å². The molecule has 1 aliphatic rings. The summed E-state index contributed by atoms with van der Waals surface area (Å²) in [7, 11) is 0. The number of carbonyl (C=O) groups is 1. The molecular weight excluding hydrogens is 359 g/mol. The van der Waals surface area contributed by atoms with Gasteiger partial charge in [-0.05, 0) is 37.1 Å². The van der Waals surface area contributed by atoms with E-state index in [2.05, 4.69) is 20.6 Å². The Morgan fingerprint density at radius 2 is 2.07 bits per heavy atom. The minimum Gasteiger partial charge on any atom is -0.382 e. The van der Waals surface area contributed by atoms with Gasteiger partial charge in [-0.2, -0.15) is 0 Å². The first-order chi connectivity index (χ1) is 13.7. The van der Waals surface area contributed by atoms with Gasteiger partial charge in [-0.15, -0.1) is 0 Å². The first-order valence-corrected chi connectivity index (χ1v) is 9.05. The number of pyridine rings is 3. The topological polar surface area (TPSA) is 83.0 Å². The van der Waals surface area contributed by atoms with Gasteiger partial charge in [0.15, 0.2) is 5.82 Å². The number of anilines is 3. The monoisotopic (exact) mass is 378 g/mol. The maximum atomic E-state index is 13.4. The summed E-state index contributed by atoms with van der Waals surface area (Å²) in [6, 6.07) is 8.42. The van der Waals surface area contributed by atoms with Crippen molar-refractivity contribution in [2.24, 2.45) is 0 Å². The highest BCUT2D eigenvalue weighted by molar-refractivity contribution is 6.03. The normalized spacial score (nSPS) is 13.7. The average Bonchev–Trinajstić information content (AvgIpc) is 2.69. The summed E-state index contributed by atoms with van der Waals surface area (Å²) in [5.41, 5.74) is 2.66. The molecular formula is C20H19FN6O. The summed E-state index contributed by atoms with van der Waals surface area (Å²) in [4.78, 5) is 27.1. The maximum absolute atomic E-state index is 13.4. The summed E-state index contributed by atoms with van der Waals surface area (Å²) >= 11 is 0. The van der Waals surface area contributed by atoms with Crippen LogP contribution in [0, 0.1) is 5.82 Å². The van der Waals surface area contributed by atoms with E-state index in [4.69, 9.17) is 4.98 Å². The Morgan fingerprint density at radius 1 is 1.14 bits per heavy atom. The number of hydrogen-bond acceptors (Lipinski definition) is 5. The highest BCUT2D eigenvalue weighted by Crippen LogP contribution is 2.30. The van der Waals surface area contributed by atoms with Crippen molar-refractivity contribution in [3.8, 4) is 11.3 Å². The Hall–Kier alpha value is -3.55. The third-order valence-electron chi connectivity index (χ3n) is 4.41. The number of amides is 2. The van der Waals surface area contributed by atoms with Gasteiger partial charge in [-0.1, -0.05) is 0 Å². The fourth-order valence-corrected chi connectivity index (χ4v) is 3.06. The highest BCUT2D eigenvalue weighted by Gasteiger charge is 2.23. The molecule has 0 aromatic carbocycles. The largest absolute Gasteiger partial charge is 0.382 e. The molecule has 2 N–H and O–H groups in total. The van der Waals surface area contributed by atoms with E-state index in [1.807, 2.05) is 24.3 Å². The van der Waals surface area contributed by atoms with Gasteiger partial charge >= 0.3 is 6.03 Å². The van der Waals surface area contributed by atoms with E-state index in [1.165, 1.54) is 12.3 Å². The molecule has 0 radical (unpaired) electrons. The van der Waals surface area contributed by atoms with Crippen molar-refractivity contribution in [1.82, 2.24) is 15.0 Å². The first-order valence-electron chi connectivity index (χ1n) is 9.05. The van der Waals surface area contributed by atoms with Crippen LogP contribution in [0.3, 0.4) is 0 Å². The van der Waals surface area contributed by atoms with Crippen LogP contribution in [-0.4, -0.2) is 34.1 Å². The summed E-state index contributed by atoms with van der Waals surface area (Å²) < 4.78 is 13.4. The Balaban J connectivity index is 1.69. The van der Waals surface area contributed by atoms with Crippen LogP contribution in [-0.2, 0) is 0 Å². The molecule has 4 heterocycles. The van der Waals surface area contributed by atoms with Crippen LogP contribution in [0.4, 0.5) is 26.4 Å². The van der Waals surface area contributed by atoms with Gasteiger partial charge < -0.3 is 10.6 Å². The van der Waals surface area contributed by atoms with Crippen molar-refractivity contribution in [3.05, 3.63) is 60.9 Å². The molecule has 0 aliphatic carbocycles. The van der Waals surface area contributed by atoms with Crippen LogP contribution in [0.15, 0.2) is 55.1 Å². The molecule has 3 aromatic heterocycles. The average molecular weight is 378 g/mol. The SMILES string of the molecule is O=C(Nc1cncc(F)c1)N1CCCCNc2ccc(-c3cccnc3)nc21. The van der Waals surface area contributed by atoms with E-state index in [9.17, 15) is 9.18 Å². The summed E-state index contributed by atoms with van der Waals surface area (Å²) in [6.45, 7) is 1.32. The Kier molecular flexibility index (Phi) is 5.09. The van der Waals surface area contributed by atoms with E-state index >= 15 is 0 Å². The number of fused-ring (bicyclic) bond motifs is 1. The van der Waals surface area contributed by atoms with Crippen LogP contribution in [0.2, 0.25) is 0 Å². The predicted octanol–water partition coefficient (Wildman–Crippen LogP) is 3.92. The van der Waals surface area contributed by atoms with Crippen LogP contribution in [0.25, 0.3) is 11.3 Å². The molecule has 1 aliphatic heterocycles. The van der Waals surface area contributed by atoms with Gasteiger partial charge in [0.25, 0.3) is 0 Å². The zero-order valence-corrected chi connectivity index (χ0v) is 15.1. The number of hydrogen-bond donors (Lipinski definition) is 2. The molecule has 0 unspecified atom stereocenters. The van der Waals surface area contributed by atoms with Crippen LogP contribution < -0.4 is 15.5 Å². The second-order valence-corrected chi connectivity index (χ2v) is 6.42. The minimum atomic E-state index is -0.510. The van der Waals surface area contributed by atoms with Crippen molar-refractivity contribution < 1.29 is 9.18 Å². The number of nitrogens with zero attached hydrogens (tertiary/aromatic N) is 4. The fraction of sp³-hybridized carbons (Fsp3) is 0.200. The number of urea groups is 1. The number of nitrogens with one attached hydrogen (secondary N) is 2. The molecule has 0 atom stereocenters. The number of halogens is 1. The quantitative estimate of drug-likeness (QED) is 0.706. The molecule has 0 saturated heterocycles. The standard InChI is InChI=1S/C20H19FN6O/c21-15-10-16(13-23-12-15)25-20(28)27-9-2-1-8-24-18-6-5-17(26-19(18)27)14-4-3-7-22-11-14/h3-7,10-13,24H,1-2,8-9H2,(H,25,28). The van der Waals surface area contributed by atoms with Crippen molar-refractivity contribution in [2.45, 2.75) is 12.8 Å². The molecule has 4 rings (SSSR count). The van der Waals surface area contributed by atoms with Crippen LogP contribution in [0.1, 0.15) is 12.8 Å². The number of rotatable bonds is 2. The van der Waals surface area contributed by atoms with E-state index in [0.29, 0.717) is 18.1 Å². The second-order valence-electron chi connectivity index (χ2n) is 6.42. The lowest BCUT2D eigenvalue weighted by Crippen LogP contribution is -2.38. The molecule has 0 saturated carbocycles. The molecule has 28 heavy (non-hydrogen) atoms. The molecule has 8 heteroatoms. The van der Waals surface area contributed by atoms with Crippen molar-refractivity contribution in [1.29, 1.82) is 0 Å². The maximum Gasteiger partial charge on any atom is 0.327 e. The predicted molar refractivity (Wildman–Crippen MR) is 106 cm³/mol. The molecule has 3 aromatic rings. The lowest BCUT2D eigenvalue weighted by molar-refractivity contribution is 0.256. The molecule has 0 fully saturated rings. The first kappa shape index (κ1) is 17.8. The second kappa shape index (κ2) is 7.99. The molecule has 0 spiro atoms. The van der Waals surface area contributed by atoms with Gasteiger partial charge in [0.05, 0.1) is 29.5 Å². The lowest BCUT2D eigenvalue weighted by Gasteiger charge is -2.27. The molecule has 2 amide bonds. The third kappa shape index (κ3) is 3.90.